The second kappa shape index (κ2) is 8.01. The first kappa shape index (κ1) is 19.9. The van der Waals surface area contributed by atoms with Gasteiger partial charge in [0, 0.05) is 16.5 Å². The summed E-state index contributed by atoms with van der Waals surface area (Å²) in [7, 11) is 0. The van der Waals surface area contributed by atoms with E-state index in [0.29, 0.717) is 44.4 Å². The minimum absolute atomic E-state index is 0.189. The third-order valence-electron chi connectivity index (χ3n) is 5.01. The van der Waals surface area contributed by atoms with Crippen molar-refractivity contribution in [3.05, 3.63) is 69.8 Å². The summed E-state index contributed by atoms with van der Waals surface area (Å²) in [6, 6.07) is 11.4. The van der Waals surface area contributed by atoms with E-state index in [9.17, 15) is 9.18 Å². The third-order valence-corrected chi connectivity index (χ3v) is 6.71. The molecule has 0 radical (unpaired) electrons. The largest absolute Gasteiger partial charge is 0.454 e. The Bertz CT molecular complexity index is 1540. The van der Waals surface area contributed by atoms with Crippen LogP contribution >= 0.6 is 23.1 Å². The van der Waals surface area contributed by atoms with E-state index in [1.807, 2.05) is 11.4 Å². The number of H-pyrrole nitrogens is 1. The average Bonchev–Trinajstić information content (AvgIpc) is 3.57. The molecule has 1 N–H and O–H groups in total. The van der Waals surface area contributed by atoms with Gasteiger partial charge < -0.3 is 18.9 Å². The summed E-state index contributed by atoms with van der Waals surface area (Å²) in [6.45, 7) is 0.189. The maximum Gasteiger partial charge on any atom is 0.277 e. The molecule has 0 aliphatic carbocycles. The van der Waals surface area contributed by atoms with Gasteiger partial charge in [-0.25, -0.2) is 9.37 Å². The summed E-state index contributed by atoms with van der Waals surface area (Å²) in [5.74, 6) is 2.17. The van der Waals surface area contributed by atoms with Crippen LogP contribution in [0.4, 0.5) is 4.39 Å². The molecule has 1 aliphatic rings. The molecule has 0 spiro atoms. The van der Waals surface area contributed by atoms with E-state index in [1.165, 1.54) is 35.2 Å². The predicted molar refractivity (Wildman–Crippen MR) is 121 cm³/mol. The summed E-state index contributed by atoms with van der Waals surface area (Å²) >= 11 is 2.64. The fourth-order valence-electron chi connectivity index (χ4n) is 3.45. The molecule has 4 heterocycles. The molecular formula is C22H13FN4O4S2. The van der Waals surface area contributed by atoms with Crippen LogP contribution in [-0.2, 0) is 5.75 Å². The van der Waals surface area contributed by atoms with Crippen LogP contribution in [0.3, 0.4) is 0 Å². The number of benzene rings is 2. The molecule has 0 unspecified atom stereocenters. The van der Waals surface area contributed by atoms with Gasteiger partial charge in [-0.15, -0.1) is 21.5 Å². The lowest BCUT2D eigenvalue weighted by Gasteiger charge is -2.01. The lowest BCUT2D eigenvalue weighted by molar-refractivity contribution is 0.174. The van der Waals surface area contributed by atoms with Gasteiger partial charge in [-0.05, 0) is 35.9 Å². The molecule has 3 aromatic heterocycles. The number of hydrogen-bond acceptors (Lipinski definition) is 9. The van der Waals surface area contributed by atoms with Crippen LogP contribution in [0.5, 0.6) is 11.5 Å². The quantitative estimate of drug-likeness (QED) is 0.356. The van der Waals surface area contributed by atoms with Gasteiger partial charge >= 0.3 is 0 Å². The van der Waals surface area contributed by atoms with Crippen LogP contribution in [0.2, 0.25) is 0 Å². The molecule has 11 heteroatoms. The van der Waals surface area contributed by atoms with E-state index in [-0.39, 0.29) is 18.2 Å². The number of halogens is 1. The summed E-state index contributed by atoms with van der Waals surface area (Å²) in [4.78, 5) is 20.8. The molecule has 0 amide bonds. The van der Waals surface area contributed by atoms with Crippen LogP contribution in [0.1, 0.15) is 5.82 Å². The van der Waals surface area contributed by atoms with Gasteiger partial charge in [0.25, 0.3) is 10.8 Å². The number of ether oxygens (including phenoxy) is 2. The Morgan fingerprint density at radius 2 is 1.88 bits per heavy atom. The van der Waals surface area contributed by atoms with E-state index in [4.69, 9.17) is 13.9 Å². The summed E-state index contributed by atoms with van der Waals surface area (Å²) in [6.07, 6.45) is 0. The van der Waals surface area contributed by atoms with Crippen LogP contribution in [0.15, 0.2) is 62.3 Å². The number of thioether (sulfide) groups is 1. The highest BCUT2D eigenvalue weighted by molar-refractivity contribution is 7.98. The van der Waals surface area contributed by atoms with E-state index >= 15 is 0 Å². The van der Waals surface area contributed by atoms with Gasteiger partial charge in [0.05, 0.1) is 11.1 Å². The van der Waals surface area contributed by atoms with Gasteiger partial charge in [-0.3, -0.25) is 4.79 Å². The van der Waals surface area contributed by atoms with E-state index in [2.05, 4.69) is 20.2 Å². The highest BCUT2D eigenvalue weighted by Gasteiger charge is 2.18. The zero-order valence-corrected chi connectivity index (χ0v) is 18.3. The highest BCUT2D eigenvalue weighted by Crippen LogP contribution is 2.36. The van der Waals surface area contributed by atoms with Gasteiger partial charge in [-0.1, -0.05) is 23.9 Å². The number of rotatable bonds is 5. The molecule has 0 saturated carbocycles. The number of fused-ring (bicyclic) bond motifs is 2. The number of thiophene rings is 1. The maximum atomic E-state index is 13.2. The Labute approximate surface area is 193 Å². The second-order valence-electron chi connectivity index (χ2n) is 7.08. The van der Waals surface area contributed by atoms with Crippen molar-refractivity contribution < 1.29 is 18.3 Å². The second-order valence-corrected chi connectivity index (χ2v) is 8.86. The minimum Gasteiger partial charge on any atom is -0.454 e. The van der Waals surface area contributed by atoms with Crippen molar-refractivity contribution in [3.8, 4) is 34.1 Å². The third kappa shape index (κ3) is 3.74. The summed E-state index contributed by atoms with van der Waals surface area (Å²) in [5.41, 5.74) is 1.97. The Balaban J connectivity index is 1.21. The zero-order chi connectivity index (χ0) is 22.4. The molecule has 0 bridgehead atoms. The van der Waals surface area contributed by atoms with Crippen molar-refractivity contribution >= 4 is 33.3 Å². The first-order valence-electron chi connectivity index (χ1n) is 9.77. The Morgan fingerprint density at radius 3 is 2.76 bits per heavy atom. The summed E-state index contributed by atoms with van der Waals surface area (Å²) < 4.78 is 29.7. The maximum absolute atomic E-state index is 13.2. The molecular weight excluding hydrogens is 467 g/mol. The lowest BCUT2D eigenvalue weighted by atomic mass is 10.1. The lowest BCUT2D eigenvalue weighted by Crippen LogP contribution is -2.10. The van der Waals surface area contributed by atoms with Crippen LogP contribution < -0.4 is 15.0 Å². The van der Waals surface area contributed by atoms with Gasteiger partial charge in [0.1, 0.15) is 16.5 Å². The Hall–Kier alpha value is -3.70. The molecule has 5 aromatic rings. The SMILES string of the molecule is O=c1[nH]c(CSc2nnc(-c3ccc4c(c3)OCO4)o2)nc2scc(-c3ccc(F)cc3)c12. The van der Waals surface area contributed by atoms with Crippen molar-refractivity contribution in [1.82, 2.24) is 20.2 Å². The van der Waals surface area contributed by atoms with Crippen LogP contribution in [0, 0.1) is 5.82 Å². The van der Waals surface area contributed by atoms with Gasteiger partial charge in [0.2, 0.25) is 12.7 Å². The standard InChI is InChI=1S/C22H13FN4O4S2/c23-13-4-1-11(2-5-13)14-8-32-21-18(14)19(28)24-17(25-21)9-33-22-27-26-20(31-22)12-3-6-15-16(7-12)30-10-29-15/h1-8H,9-10H2,(H,24,25,28). The normalized spacial score (nSPS) is 12.5. The molecule has 2 aromatic carbocycles. The van der Waals surface area contributed by atoms with Crippen molar-refractivity contribution in [2.75, 3.05) is 6.79 Å². The van der Waals surface area contributed by atoms with Crippen molar-refractivity contribution in [1.29, 1.82) is 0 Å². The fourth-order valence-corrected chi connectivity index (χ4v) is 5.05. The first-order chi connectivity index (χ1) is 16.1. The first-order valence-corrected chi connectivity index (χ1v) is 11.6. The predicted octanol–water partition coefficient (Wildman–Crippen LogP) is 4.86. The van der Waals surface area contributed by atoms with Crippen molar-refractivity contribution in [2.45, 2.75) is 11.0 Å². The Morgan fingerprint density at radius 1 is 1.06 bits per heavy atom. The Kier molecular flexibility index (Phi) is 4.84. The monoisotopic (exact) mass is 480 g/mol. The molecule has 0 fully saturated rings. The molecule has 0 saturated heterocycles. The number of hydrogen-bond donors (Lipinski definition) is 1. The van der Waals surface area contributed by atoms with Gasteiger partial charge in [-0.2, -0.15) is 0 Å². The minimum atomic E-state index is -0.327. The molecule has 164 valence electrons. The summed E-state index contributed by atoms with van der Waals surface area (Å²) in [5, 5.41) is 10.8. The molecule has 1 aliphatic heterocycles. The van der Waals surface area contributed by atoms with Crippen molar-refractivity contribution in [3.63, 3.8) is 0 Å². The molecule has 33 heavy (non-hydrogen) atoms. The van der Waals surface area contributed by atoms with Crippen LogP contribution in [0.25, 0.3) is 32.8 Å². The fraction of sp³-hybridized carbons (Fsp3) is 0.0909. The van der Waals surface area contributed by atoms with E-state index in [0.717, 1.165) is 16.7 Å². The number of aromatic nitrogens is 4. The molecule has 6 rings (SSSR count). The number of nitrogens with zero attached hydrogens (tertiary/aromatic N) is 3. The van der Waals surface area contributed by atoms with E-state index < -0.39 is 0 Å². The smallest absolute Gasteiger partial charge is 0.277 e. The molecule has 0 atom stereocenters. The van der Waals surface area contributed by atoms with Crippen molar-refractivity contribution in [2.24, 2.45) is 0 Å². The highest BCUT2D eigenvalue weighted by atomic mass is 32.2. The average molecular weight is 481 g/mol. The van der Waals surface area contributed by atoms with Gasteiger partial charge in [0.15, 0.2) is 11.5 Å². The zero-order valence-electron chi connectivity index (χ0n) is 16.7. The number of aromatic amines is 1. The number of nitrogens with one attached hydrogen (secondary N) is 1. The topological polar surface area (TPSA) is 103 Å². The molecule has 8 nitrogen and oxygen atoms in total. The van der Waals surface area contributed by atoms with E-state index in [1.54, 1.807) is 24.3 Å². The van der Waals surface area contributed by atoms with Crippen LogP contribution in [-0.4, -0.2) is 27.0 Å².